The van der Waals surface area contributed by atoms with E-state index in [1.807, 2.05) is 30.3 Å². The van der Waals surface area contributed by atoms with Gasteiger partial charge in [0, 0.05) is 17.6 Å². The van der Waals surface area contributed by atoms with E-state index >= 15 is 0 Å². The Balaban J connectivity index is 2.59. The first-order valence-electron chi connectivity index (χ1n) is 6.39. The van der Waals surface area contributed by atoms with Crippen LogP contribution in [0.25, 0.3) is 0 Å². The van der Waals surface area contributed by atoms with E-state index in [1.54, 1.807) is 0 Å². The summed E-state index contributed by atoms with van der Waals surface area (Å²) in [4.78, 5) is 0. The number of hydrogen-bond acceptors (Lipinski definition) is 1. The van der Waals surface area contributed by atoms with Crippen molar-refractivity contribution < 1.29 is 5.11 Å². The Hall–Kier alpha value is -1.52. The third-order valence-corrected chi connectivity index (χ3v) is 2.70. The molecule has 0 atom stereocenters. The highest BCUT2D eigenvalue weighted by Gasteiger charge is 2.15. The number of aliphatic hydroxyl groups is 1. The normalized spacial score (nSPS) is 10.6. The molecule has 0 saturated carbocycles. The smallest absolute Gasteiger partial charge is 0.0434 e. The van der Waals surface area contributed by atoms with Gasteiger partial charge in [0.05, 0.1) is 0 Å². The number of aliphatic hydroxyl groups excluding tert-OH is 1. The van der Waals surface area contributed by atoms with Crippen LogP contribution in [0.15, 0.2) is 42.5 Å². The van der Waals surface area contributed by atoms with Crippen LogP contribution in [0, 0.1) is 17.3 Å². The predicted molar refractivity (Wildman–Crippen MR) is 77.2 cm³/mol. The molecular weight excluding hydrogens is 220 g/mol. The van der Waals surface area contributed by atoms with Crippen LogP contribution in [0.2, 0.25) is 0 Å². The number of rotatable bonds is 5. The van der Waals surface area contributed by atoms with Gasteiger partial charge in [0.2, 0.25) is 0 Å². The minimum absolute atomic E-state index is 0.0671. The summed E-state index contributed by atoms with van der Waals surface area (Å²) in [6.45, 7) is 8.55. The minimum Gasteiger partial charge on any atom is -0.396 e. The molecule has 0 aliphatic carbocycles. The van der Waals surface area contributed by atoms with Gasteiger partial charge in [0.25, 0.3) is 0 Å². The molecule has 0 saturated heterocycles. The SMILES string of the molecule is C=C(CCCO)CC(C)(C)C#Cc1ccccc1. The van der Waals surface area contributed by atoms with E-state index in [1.165, 1.54) is 0 Å². The molecular formula is C17H22O. The highest BCUT2D eigenvalue weighted by Crippen LogP contribution is 2.25. The monoisotopic (exact) mass is 242 g/mol. The zero-order valence-electron chi connectivity index (χ0n) is 11.4. The Kier molecular flexibility index (Phi) is 5.68. The van der Waals surface area contributed by atoms with Gasteiger partial charge in [-0.3, -0.25) is 0 Å². The summed E-state index contributed by atoms with van der Waals surface area (Å²) in [5, 5.41) is 8.80. The van der Waals surface area contributed by atoms with Crippen LogP contribution in [0.5, 0.6) is 0 Å². The van der Waals surface area contributed by atoms with Gasteiger partial charge in [0.15, 0.2) is 0 Å². The van der Waals surface area contributed by atoms with Crippen molar-refractivity contribution in [2.75, 3.05) is 6.61 Å². The van der Waals surface area contributed by atoms with Crippen LogP contribution < -0.4 is 0 Å². The largest absolute Gasteiger partial charge is 0.396 e. The van der Waals surface area contributed by atoms with Gasteiger partial charge >= 0.3 is 0 Å². The van der Waals surface area contributed by atoms with E-state index in [0.717, 1.165) is 30.4 Å². The molecule has 1 heteroatoms. The summed E-state index contributed by atoms with van der Waals surface area (Å²) in [6.07, 6.45) is 2.56. The second-order valence-corrected chi connectivity index (χ2v) is 5.25. The van der Waals surface area contributed by atoms with Crippen molar-refractivity contribution in [3.8, 4) is 11.8 Å². The molecule has 96 valence electrons. The summed E-state index contributed by atoms with van der Waals surface area (Å²) in [5.74, 6) is 6.52. The number of allylic oxidation sites excluding steroid dienone is 1. The fourth-order valence-corrected chi connectivity index (χ4v) is 1.85. The Morgan fingerprint density at radius 2 is 1.94 bits per heavy atom. The molecule has 0 spiro atoms. The summed E-state index contributed by atoms with van der Waals surface area (Å²) in [5.41, 5.74) is 2.14. The van der Waals surface area contributed by atoms with Crippen molar-refractivity contribution in [2.24, 2.45) is 5.41 Å². The van der Waals surface area contributed by atoms with Crippen molar-refractivity contribution in [3.05, 3.63) is 48.0 Å². The topological polar surface area (TPSA) is 20.2 Å². The first-order valence-corrected chi connectivity index (χ1v) is 6.39. The number of benzene rings is 1. The van der Waals surface area contributed by atoms with E-state index in [4.69, 9.17) is 5.11 Å². The second kappa shape index (κ2) is 7.03. The zero-order valence-corrected chi connectivity index (χ0v) is 11.4. The third kappa shape index (κ3) is 5.70. The van der Waals surface area contributed by atoms with Crippen molar-refractivity contribution in [3.63, 3.8) is 0 Å². The second-order valence-electron chi connectivity index (χ2n) is 5.25. The van der Waals surface area contributed by atoms with Crippen LogP contribution in [0.1, 0.15) is 38.7 Å². The molecule has 1 nitrogen and oxygen atoms in total. The molecule has 0 aliphatic rings. The summed E-state index contributed by atoms with van der Waals surface area (Å²) >= 11 is 0. The Morgan fingerprint density at radius 1 is 1.28 bits per heavy atom. The van der Waals surface area contributed by atoms with E-state index < -0.39 is 0 Å². The molecule has 0 radical (unpaired) electrons. The Morgan fingerprint density at radius 3 is 2.56 bits per heavy atom. The van der Waals surface area contributed by atoms with Gasteiger partial charge in [-0.05, 0) is 45.2 Å². The molecule has 0 aromatic heterocycles. The van der Waals surface area contributed by atoms with E-state index in [2.05, 4.69) is 32.3 Å². The highest BCUT2D eigenvalue weighted by molar-refractivity contribution is 5.35. The van der Waals surface area contributed by atoms with Crippen molar-refractivity contribution in [2.45, 2.75) is 33.1 Å². The Labute approximate surface area is 111 Å². The molecule has 0 amide bonds. The Bertz CT molecular complexity index is 432. The zero-order chi connectivity index (χ0) is 13.4. The van der Waals surface area contributed by atoms with Crippen molar-refractivity contribution in [1.29, 1.82) is 0 Å². The molecule has 0 bridgehead atoms. The van der Waals surface area contributed by atoms with E-state index in [-0.39, 0.29) is 12.0 Å². The molecule has 0 fully saturated rings. The van der Waals surface area contributed by atoms with Crippen LogP contribution in [0.3, 0.4) is 0 Å². The number of hydrogen-bond donors (Lipinski definition) is 1. The van der Waals surface area contributed by atoms with Gasteiger partial charge in [0.1, 0.15) is 0 Å². The maximum Gasteiger partial charge on any atom is 0.0434 e. The fourth-order valence-electron chi connectivity index (χ4n) is 1.85. The average molecular weight is 242 g/mol. The fraction of sp³-hybridized carbons (Fsp3) is 0.412. The van der Waals surface area contributed by atoms with Gasteiger partial charge < -0.3 is 5.11 Å². The van der Waals surface area contributed by atoms with Crippen molar-refractivity contribution >= 4 is 0 Å². The average Bonchev–Trinajstić information content (AvgIpc) is 2.35. The summed E-state index contributed by atoms with van der Waals surface area (Å²) in [6, 6.07) is 10.0. The third-order valence-electron chi connectivity index (χ3n) is 2.70. The minimum atomic E-state index is -0.0671. The molecule has 18 heavy (non-hydrogen) atoms. The van der Waals surface area contributed by atoms with Gasteiger partial charge in [-0.25, -0.2) is 0 Å². The first kappa shape index (κ1) is 14.5. The summed E-state index contributed by atoms with van der Waals surface area (Å²) < 4.78 is 0. The standard InChI is InChI=1S/C17H22O/c1-15(8-7-13-18)14-17(2,3)12-11-16-9-5-4-6-10-16/h4-6,9-10,18H,1,7-8,13-14H2,2-3H3. The molecule has 0 unspecified atom stereocenters. The van der Waals surface area contributed by atoms with Crippen LogP contribution in [0.4, 0.5) is 0 Å². The maximum atomic E-state index is 8.80. The van der Waals surface area contributed by atoms with Crippen molar-refractivity contribution in [1.82, 2.24) is 0 Å². The lowest BCUT2D eigenvalue weighted by Crippen LogP contribution is -2.09. The predicted octanol–water partition coefficient (Wildman–Crippen LogP) is 3.78. The molecule has 1 N–H and O–H groups in total. The maximum absolute atomic E-state index is 8.80. The van der Waals surface area contributed by atoms with E-state index in [9.17, 15) is 0 Å². The van der Waals surface area contributed by atoms with Gasteiger partial charge in [-0.1, -0.05) is 42.2 Å². The van der Waals surface area contributed by atoms with Crippen LogP contribution in [-0.4, -0.2) is 11.7 Å². The molecule has 0 heterocycles. The highest BCUT2D eigenvalue weighted by atomic mass is 16.2. The lowest BCUT2D eigenvalue weighted by atomic mass is 9.85. The molecule has 0 aliphatic heterocycles. The molecule has 1 aromatic rings. The molecule has 1 aromatic carbocycles. The lowest BCUT2D eigenvalue weighted by Gasteiger charge is -2.19. The quantitative estimate of drug-likeness (QED) is 0.615. The van der Waals surface area contributed by atoms with Crippen LogP contribution in [-0.2, 0) is 0 Å². The first-order chi connectivity index (χ1) is 8.53. The lowest BCUT2D eigenvalue weighted by molar-refractivity contribution is 0.287. The molecule has 1 rings (SSSR count). The van der Waals surface area contributed by atoms with Crippen LogP contribution >= 0.6 is 0 Å². The summed E-state index contributed by atoms with van der Waals surface area (Å²) in [7, 11) is 0. The van der Waals surface area contributed by atoms with E-state index in [0.29, 0.717) is 0 Å². The van der Waals surface area contributed by atoms with Gasteiger partial charge in [-0.15, -0.1) is 0 Å². The van der Waals surface area contributed by atoms with Gasteiger partial charge in [-0.2, -0.15) is 0 Å².